The van der Waals surface area contributed by atoms with Crippen LogP contribution in [0.25, 0.3) is 0 Å². The lowest BCUT2D eigenvalue weighted by molar-refractivity contribution is -0.154. The van der Waals surface area contributed by atoms with Crippen LogP contribution >= 0.6 is 11.8 Å². The molecule has 73 valence electrons. The summed E-state index contributed by atoms with van der Waals surface area (Å²) in [6.07, 6.45) is 0.900. The molecule has 0 bridgehead atoms. The molecule has 0 aliphatic carbocycles. The Balaban J connectivity index is 4.02. The van der Waals surface area contributed by atoms with E-state index in [1.165, 1.54) is 18.7 Å². The second kappa shape index (κ2) is 6.96. The van der Waals surface area contributed by atoms with Gasteiger partial charge in [-0.15, -0.1) is 11.8 Å². The van der Waals surface area contributed by atoms with E-state index in [1.807, 2.05) is 6.92 Å². The molecule has 0 N–H and O–H groups in total. The number of rotatable bonds is 5. The number of thioether (sulfide) groups is 1. The van der Waals surface area contributed by atoms with Gasteiger partial charge in [-0.05, 0) is 12.2 Å². The summed E-state index contributed by atoms with van der Waals surface area (Å²) in [4.78, 5) is 21.6. The van der Waals surface area contributed by atoms with E-state index in [0.29, 0.717) is 0 Å². The van der Waals surface area contributed by atoms with Crippen molar-refractivity contribution in [3.8, 4) is 0 Å². The van der Waals surface area contributed by atoms with Gasteiger partial charge in [0, 0.05) is 6.92 Å². The molecule has 0 aromatic heterocycles. The van der Waals surface area contributed by atoms with Gasteiger partial charge in [0.25, 0.3) is 0 Å². The van der Waals surface area contributed by atoms with Crippen molar-refractivity contribution >= 4 is 34.2 Å². The van der Waals surface area contributed by atoms with Crippen LogP contribution in [0.3, 0.4) is 0 Å². The van der Waals surface area contributed by atoms with Gasteiger partial charge in [0.05, 0.1) is 0 Å². The van der Waals surface area contributed by atoms with Crippen molar-refractivity contribution in [1.82, 2.24) is 0 Å². The zero-order chi connectivity index (χ0) is 10.3. The van der Waals surface area contributed by atoms with E-state index in [4.69, 9.17) is 4.74 Å². The maximum Gasteiger partial charge on any atom is 0.345 e. The highest BCUT2D eigenvalue weighted by molar-refractivity contribution is 8.00. The number of carbonyl (C=O) groups is 2. The van der Waals surface area contributed by atoms with E-state index in [2.05, 4.69) is 14.9 Å². The molecule has 0 aromatic carbocycles. The summed E-state index contributed by atoms with van der Waals surface area (Å²) in [5.41, 5.74) is -0.866. The predicted octanol–water partition coefficient (Wildman–Crippen LogP) is 0.645. The fraction of sp³-hybridized carbons (Fsp3) is 0.714. The molecule has 0 aliphatic heterocycles. The van der Waals surface area contributed by atoms with E-state index in [0.717, 1.165) is 12.2 Å². The molecule has 0 rings (SSSR count). The molecular weight excluding hydrogens is 208 g/mol. The van der Waals surface area contributed by atoms with Gasteiger partial charge in [-0.25, -0.2) is 4.79 Å². The zero-order valence-corrected chi connectivity index (χ0v) is 9.35. The molecule has 0 saturated heterocycles. The van der Waals surface area contributed by atoms with Crippen molar-refractivity contribution in [2.24, 2.45) is 0 Å². The SMILES string of the molecule is CCCSC(OC(C)=O)C(=O)O[Si]. The Kier molecular flexibility index (Phi) is 6.70. The summed E-state index contributed by atoms with van der Waals surface area (Å²) < 4.78 is 9.00. The molecule has 6 heteroatoms. The van der Waals surface area contributed by atoms with Crippen molar-refractivity contribution in [1.29, 1.82) is 0 Å². The summed E-state index contributed by atoms with van der Waals surface area (Å²) in [5.74, 6) is -0.366. The molecule has 1 atom stereocenters. The summed E-state index contributed by atoms with van der Waals surface area (Å²) in [6.45, 7) is 3.22. The molecule has 0 amide bonds. The van der Waals surface area contributed by atoms with Crippen LogP contribution in [0.4, 0.5) is 0 Å². The standard InChI is InChI=1S/C7H11O4SSi/c1-3-4-12-7(6(9)11-13)10-5(2)8/h7H,3-4H2,1-2H3. The van der Waals surface area contributed by atoms with Gasteiger partial charge in [0.1, 0.15) is 0 Å². The van der Waals surface area contributed by atoms with Crippen molar-refractivity contribution in [3.63, 3.8) is 0 Å². The Morgan fingerprint density at radius 3 is 2.54 bits per heavy atom. The maximum absolute atomic E-state index is 11.0. The Morgan fingerprint density at radius 1 is 1.54 bits per heavy atom. The summed E-state index contributed by atoms with van der Waals surface area (Å²) in [6, 6.07) is 0. The molecule has 3 radical (unpaired) electrons. The third kappa shape index (κ3) is 5.70. The summed E-state index contributed by atoms with van der Waals surface area (Å²) >= 11 is 1.23. The van der Waals surface area contributed by atoms with Crippen LogP contribution in [0.5, 0.6) is 0 Å². The lowest BCUT2D eigenvalue weighted by Gasteiger charge is -2.13. The number of hydrogen-bond donors (Lipinski definition) is 0. The number of carbonyl (C=O) groups excluding carboxylic acids is 2. The highest BCUT2D eigenvalue weighted by Gasteiger charge is 2.21. The molecule has 0 fully saturated rings. The van der Waals surface area contributed by atoms with Crippen LogP contribution in [-0.2, 0) is 18.8 Å². The maximum atomic E-state index is 11.0. The second-order valence-corrected chi connectivity index (χ2v) is 3.61. The van der Waals surface area contributed by atoms with Crippen LogP contribution in [-0.4, -0.2) is 33.6 Å². The molecule has 0 aromatic rings. The van der Waals surface area contributed by atoms with Crippen molar-refractivity contribution < 1.29 is 18.8 Å². The minimum Gasteiger partial charge on any atom is -0.513 e. The predicted molar refractivity (Wildman–Crippen MR) is 50.1 cm³/mol. The van der Waals surface area contributed by atoms with Gasteiger partial charge in [-0.3, -0.25) is 4.79 Å². The zero-order valence-electron chi connectivity index (χ0n) is 7.53. The first-order valence-corrected chi connectivity index (χ1v) is 5.23. The number of hydrogen-bond acceptors (Lipinski definition) is 5. The topological polar surface area (TPSA) is 52.6 Å². The molecule has 1 unspecified atom stereocenters. The first-order chi connectivity index (χ1) is 6.11. The highest BCUT2D eigenvalue weighted by Crippen LogP contribution is 2.15. The fourth-order valence-corrected chi connectivity index (χ4v) is 1.60. The average molecular weight is 219 g/mol. The molecule has 0 saturated carbocycles. The third-order valence-corrected chi connectivity index (χ3v) is 2.48. The van der Waals surface area contributed by atoms with E-state index in [9.17, 15) is 9.59 Å². The Hall–Kier alpha value is -0.493. The molecule has 0 spiro atoms. The van der Waals surface area contributed by atoms with Gasteiger partial charge in [0.15, 0.2) is 0 Å². The Morgan fingerprint density at radius 2 is 2.15 bits per heavy atom. The van der Waals surface area contributed by atoms with Gasteiger partial charge >= 0.3 is 22.4 Å². The lowest BCUT2D eigenvalue weighted by Crippen LogP contribution is -2.25. The minimum atomic E-state index is -0.866. The van der Waals surface area contributed by atoms with E-state index in [1.54, 1.807) is 0 Å². The molecule has 0 heterocycles. The number of ether oxygens (including phenoxy) is 1. The average Bonchev–Trinajstić information content (AvgIpc) is 2.10. The van der Waals surface area contributed by atoms with Crippen LogP contribution < -0.4 is 0 Å². The molecule has 4 nitrogen and oxygen atoms in total. The van der Waals surface area contributed by atoms with Gasteiger partial charge in [-0.1, -0.05) is 6.92 Å². The number of esters is 1. The largest absolute Gasteiger partial charge is 0.513 e. The minimum absolute atomic E-state index is 0.495. The fourth-order valence-electron chi connectivity index (χ4n) is 0.574. The Bertz CT molecular complexity index is 185. The first-order valence-electron chi connectivity index (χ1n) is 3.78. The van der Waals surface area contributed by atoms with Crippen molar-refractivity contribution in [2.45, 2.75) is 25.7 Å². The van der Waals surface area contributed by atoms with Crippen molar-refractivity contribution in [3.05, 3.63) is 0 Å². The van der Waals surface area contributed by atoms with Gasteiger partial charge < -0.3 is 9.16 Å². The molecular formula is C7H11O4SSi. The quantitative estimate of drug-likeness (QED) is 0.386. The third-order valence-electron chi connectivity index (χ3n) is 1.04. The van der Waals surface area contributed by atoms with E-state index >= 15 is 0 Å². The first kappa shape index (κ1) is 12.5. The van der Waals surface area contributed by atoms with Crippen LogP contribution in [0.2, 0.25) is 0 Å². The van der Waals surface area contributed by atoms with Crippen LogP contribution in [0.15, 0.2) is 0 Å². The van der Waals surface area contributed by atoms with E-state index in [-0.39, 0.29) is 0 Å². The molecule has 0 aliphatic rings. The normalized spacial score (nSPS) is 11.9. The summed E-state index contributed by atoms with van der Waals surface area (Å²) in [5, 5.41) is 0. The van der Waals surface area contributed by atoms with Gasteiger partial charge in [-0.2, -0.15) is 0 Å². The highest BCUT2D eigenvalue weighted by atomic mass is 32.2. The smallest absolute Gasteiger partial charge is 0.345 e. The van der Waals surface area contributed by atoms with Gasteiger partial charge in [0.2, 0.25) is 5.44 Å². The summed E-state index contributed by atoms with van der Waals surface area (Å²) in [7, 11) is 2.59. The molecule has 13 heavy (non-hydrogen) atoms. The van der Waals surface area contributed by atoms with Crippen LogP contribution in [0.1, 0.15) is 20.3 Å². The van der Waals surface area contributed by atoms with Crippen molar-refractivity contribution in [2.75, 3.05) is 5.75 Å². The van der Waals surface area contributed by atoms with E-state index < -0.39 is 17.4 Å². The lowest BCUT2D eigenvalue weighted by atomic mass is 10.6. The second-order valence-electron chi connectivity index (χ2n) is 2.23. The van der Waals surface area contributed by atoms with Crippen LogP contribution in [0, 0.1) is 0 Å². The Labute approximate surface area is 84.9 Å². The monoisotopic (exact) mass is 219 g/mol.